The predicted octanol–water partition coefficient (Wildman–Crippen LogP) is 4.26. The third-order valence-corrected chi connectivity index (χ3v) is 3.12. The molecule has 0 spiro atoms. The molecule has 2 rings (SSSR count). The fourth-order valence-electron chi connectivity index (χ4n) is 1.83. The molecule has 20 heavy (non-hydrogen) atoms. The predicted molar refractivity (Wildman–Crippen MR) is 82.3 cm³/mol. The highest BCUT2D eigenvalue weighted by Crippen LogP contribution is 2.21. The van der Waals surface area contributed by atoms with Crippen LogP contribution in [0.15, 0.2) is 48.5 Å². The van der Waals surface area contributed by atoms with Crippen LogP contribution in [-0.4, -0.2) is 0 Å². The Morgan fingerprint density at radius 3 is 1.50 bits per heavy atom. The molecule has 98 valence electrons. The zero-order chi connectivity index (χ0) is 14.6. The van der Waals surface area contributed by atoms with Gasteiger partial charge in [-0.3, -0.25) is 0 Å². The molecule has 0 aliphatic rings. The third-order valence-electron chi connectivity index (χ3n) is 3.12. The summed E-state index contributed by atoms with van der Waals surface area (Å²) in [5, 5.41) is 8.74. The van der Waals surface area contributed by atoms with Gasteiger partial charge in [-0.05, 0) is 47.4 Å². The average Bonchev–Trinajstić information content (AvgIpc) is 2.45. The van der Waals surface area contributed by atoms with Gasteiger partial charge in [-0.1, -0.05) is 44.7 Å². The van der Waals surface area contributed by atoms with E-state index in [2.05, 4.69) is 62.9 Å². The van der Waals surface area contributed by atoms with Gasteiger partial charge in [0.25, 0.3) is 0 Å². The van der Waals surface area contributed by atoms with Crippen LogP contribution in [-0.2, 0) is 5.41 Å². The van der Waals surface area contributed by atoms with E-state index in [0.29, 0.717) is 5.56 Å². The van der Waals surface area contributed by atoms with Gasteiger partial charge in [0.05, 0.1) is 11.6 Å². The van der Waals surface area contributed by atoms with Crippen molar-refractivity contribution < 1.29 is 0 Å². The zero-order valence-electron chi connectivity index (χ0n) is 12.1. The van der Waals surface area contributed by atoms with Crippen LogP contribution < -0.4 is 0 Å². The second kappa shape index (κ2) is 5.64. The van der Waals surface area contributed by atoms with Crippen LogP contribution in [0.3, 0.4) is 0 Å². The van der Waals surface area contributed by atoms with Crippen molar-refractivity contribution in [3.8, 4) is 17.9 Å². The Morgan fingerprint density at radius 2 is 1.10 bits per heavy atom. The Bertz CT molecular complexity index is 681. The molecule has 0 saturated heterocycles. The van der Waals surface area contributed by atoms with Gasteiger partial charge in [0.2, 0.25) is 0 Å². The van der Waals surface area contributed by atoms with Crippen molar-refractivity contribution in [3.05, 3.63) is 70.8 Å². The lowest BCUT2D eigenvalue weighted by Gasteiger charge is -2.18. The summed E-state index contributed by atoms with van der Waals surface area (Å²) in [6.45, 7) is 6.60. The normalized spacial score (nSPS) is 10.3. The van der Waals surface area contributed by atoms with E-state index in [9.17, 15) is 0 Å². The molecule has 0 fully saturated rings. The average molecular weight is 259 g/mol. The number of nitriles is 1. The van der Waals surface area contributed by atoms with Crippen molar-refractivity contribution in [1.82, 2.24) is 0 Å². The first-order valence-electron chi connectivity index (χ1n) is 6.62. The number of nitrogens with zero attached hydrogens (tertiary/aromatic N) is 1. The van der Waals surface area contributed by atoms with Crippen LogP contribution in [0.4, 0.5) is 0 Å². The summed E-state index contributed by atoms with van der Waals surface area (Å²) in [7, 11) is 0. The molecule has 0 radical (unpaired) electrons. The van der Waals surface area contributed by atoms with Crippen LogP contribution in [0, 0.1) is 23.2 Å². The van der Waals surface area contributed by atoms with Gasteiger partial charge in [0, 0.05) is 11.1 Å². The van der Waals surface area contributed by atoms with Crippen LogP contribution in [0.5, 0.6) is 0 Å². The summed E-state index contributed by atoms with van der Waals surface area (Å²) < 4.78 is 0. The summed E-state index contributed by atoms with van der Waals surface area (Å²) in [5.74, 6) is 6.26. The topological polar surface area (TPSA) is 23.8 Å². The van der Waals surface area contributed by atoms with Crippen molar-refractivity contribution in [2.75, 3.05) is 0 Å². The van der Waals surface area contributed by atoms with Crippen molar-refractivity contribution in [2.45, 2.75) is 26.2 Å². The minimum absolute atomic E-state index is 0.166. The van der Waals surface area contributed by atoms with Crippen LogP contribution in [0.25, 0.3) is 0 Å². The molecule has 1 heteroatoms. The van der Waals surface area contributed by atoms with Gasteiger partial charge in [0.15, 0.2) is 0 Å². The quantitative estimate of drug-likeness (QED) is 0.649. The molecule has 0 bridgehead atoms. The van der Waals surface area contributed by atoms with Gasteiger partial charge < -0.3 is 0 Å². The molecule has 0 aliphatic heterocycles. The highest BCUT2D eigenvalue weighted by Gasteiger charge is 2.12. The summed E-state index contributed by atoms with van der Waals surface area (Å²) in [5.41, 5.74) is 4.05. The molecule has 2 aromatic rings. The van der Waals surface area contributed by atoms with Gasteiger partial charge in [-0.15, -0.1) is 0 Å². The SMILES string of the molecule is CC(C)(C)c1ccc(C#Cc2ccc(C#N)cc2)cc1. The van der Waals surface area contributed by atoms with E-state index >= 15 is 0 Å². The van der Waals surface area contributed by atoms with Crippen LogP contribution in [0.2, 0.25) is 0 Å². The third kappa shape index (κ3) is 3.50. The van der Waals surface area contributed by atoms with E-state index in [1.807, 2.05) is 12.1 Å². The first-order valence-corrected chi connectivity index (χ1v) is 6.62. The first kappa shape index (κ1) is 13.9. The zero-order valence-corrected chi connectivity index (χ0v) is 12.1. The second-order valence-corrected chi connectivity index (χ2v) is 5.77. The molecule has 0 aromatic heterocycles. The smallest absolute Gasteiger partial charge is 0.0991 e. The fourth-order valence-corrected chi connectivity index (χ4v) is 1.83. The second-order valence-electron chi connectivity index (χ2n) is 5.77. The van der Waals surface area contributed by atoms with E-state index in [1.165, 1.54) is 5.56 Å². The lowest BCUT2D eigenvalue weighted by atomic mass is 9.87. The monoisotopic (exact) mass is 259 g/mol. The van der Waals surface area contributed by atoms with E-state index in [0.717, 1.165) is 11.1 Å². The molecular formula is C19H17N. The summed E-state index contributed by atoms with van der Waals surface area (Å²) in [6.07, 6.45) is 0. The molecule has 0 saturated carbocycles. The number of hydrogen-bond donors (Lipinski definition) is 0. The van der Waals surface area contributed by atoms with Gasteiger partial charge >= 0.3 is 0 Å². The highest BCUT2D eigenvalue weighted by atomic mass is 14.2. The van der Waals surface area contributed by atoms with E-state index in [1.54, 1.807) is 12.1 Å². The maximum absolute atomic E-state index is 8.74. The standard InChI is InChI=1S/C19H17N/c1-19(2,3)18-12-10-16(11-13-18)5-4-15-6-8-17(14-20)9-7-15/h6-13H,1-3H3. The Hall–Kier alpha value is -2.51. The van der Waals surface area contributed by atoms with Crippen molar-refractivity contribution in [2.24, 2.45) is 0 Å². The molecule has 0 N–H and O–H groups in total. The van der Waals surface area contributed by atoms with Crippen molar-refractivity contribution in [1.29, 1.82) is 5.26 Å². The Balaban J connectivity index is 2.18. The summed E-state index contributed by atoms with van der Waals surface area (Å²) >= 11 is 0. The summed E-state index contributed by atoms with van der Waals surface area (Å²) in [6, 6.07) is 17.8. The minimum atomic E-state index is 0.166. The molecule has 0 amide bonds. The first-order chi connectivity index (χ1) is 9.49. The van der Waals surface area contributed by atoms with Crippen molar-refractivity contribution in [3.63, 3.8) is 0 Å². The molecule has 0 heterocycles. The van der Waals surface area contributed by atoms with Crippen LogP contribution >= 0.6 is 0 Å². The Kier molecular flexibility index (Phi) is 3.92. The van der Waals surface area contributed by atoms with Gasteiger partial charge in [0.1, 0.15) is 0 Å². The molecule has 0 atom stereocenters. The highest BCUT2D eigenvalue weighted by molar-refractivity contribution is 5.45. The minimum Gasteiger partial charge on any atom is -0.192 e. The lowest BCUT2D eigenvalue weighted by Crippen LogP contribution is -2.10. The van der Waals surface area contributed by atoms with E-state index in [4.69, 9.17) is 5.26 Å². The molecule has 1 nitrogen and oxygen atoms in total. The van der Waals surface area contributed by atoms with Gasteiger partial charge in [-0.2, -0.15) is 5.26 Å². The molecule has 0 aliphatic carbocycles. The Labute approximate surface area is 120 Å². The maximum atomic E-state index is 8.74. The van der Waals surface area contributed by atoms with E-state index < -0.39 is 0 Å². The maximum Gasteiger partial charge on any atom is 0.0991 e. The van der Waals surface area contributed by atoms with Crippen molar-refractivity contribution >= 4 is 0 Å². The lowest BCUT2D eigenvalue weighted by molar-refractivity contribution is 0.590. The molecule has 0 unspecified atom stereocenters. The number of benzene rings is 2. The largest absolute Gasteiger partial charge is 0.192 e. The van der Waals surface area contributed by atoms with E-state index in [-0.39, 0.29) is 5.41 Å². The Morgan fingerprint density at radius 1 is 0.700 bits per heavy atom. The van der Waals surface area contributed by atoms with Gasteiger partial charge in [-0.25, -0.2) is 0 Å². The van der Waals surface area contributed by atoms with Crippen LogP contribution in [0.1, 0.15) is 43.0 Å². The number of rotatable bonds is 0. The molecular weight excluding hydrogens is 242 g/mol. The summed E-state index contributed by atoms with van der Waals surface area (Å²) in [4.78, 5) is 0. The fraction of sp³-hybridized carbons (Fsp3) is 0.211. The molecule has 2 aromatic carbocycles. The number of hydrogen-bond acceptors (Lipinski definition) is 1.